The summed E-state index contributed by atoms with van der Waals surface area (Å²) in [6.45, 7) is 5.87. The Kier molecular flexibility index (Phi) is 4.39. The molecule has 1 aromatic carbocycles. The number of aliphatic hydroxyl groups is 1. The summed E-state index contributed by atoms with van der Waals surface area (Å²) in [5, 5.41) is 16.9. The zero-order chi connectivity index (χ0) is 20.9. The number of hydrogen-bond donors (Lipinski definition) is 2. The number of amides is 1. The minimum absolute atomic E-state index is 0.167. The lowest BCUT2D eigenvalue weighted by Gasteiger charge is -2.23. The summed E-state index contributed by atoms with van der Waals surface area (Å²) < 4.78 is 7.71. The molecule has 3 aromatic rings. The topological polar surface area (TPSA) is 92.0 Å². The second kappa shape index (κ2) is 6.98. The maximum Gasteiger partial charge on any atom is 0.261 e. The molecule has 0 bridgehead atoms. The van der Waals surface area contributed by atoms with E-state index >= 15 is 0 Å². The van der Waals surface area contributed by atoms with E-state index < -0.39 is 0 Å². The number of aliphatic hydroxyl groups excluding tert-OH is 1. The molecule has 8 nitrogen and oxygen atoms in total. The van der Waals surface area contributed by atoms with E-state index in [4.69, 9.17) is 4.74 Å². The van der Waals surface area contributed by atoms with Gasteiger partial charge in [-0.25, -0.2) is 9.50 Å². The first kappa shape index (κ1) is 18.9. The van der Waals surface area contributed by atoms with Gasteiger partial charge in [-0.05, 0) is 32.4 Å². The molecule has 0 aliphatic carbocycles. The number of rotatable bonds is 4. The lowest BCUT2D eigenvalue weighted by molar-refractivity contribution is 0.102. The summed E-state index contributed by atoms with van der Waals surface area (Å²) >= 11 is 0. The number of aromatic nitrogens is 3. The van der Waals surface area contributed by atoms with Crippen LogP contribution in [0.15, 0.2) is 36.8 Å². The minimum Gasteiger partial charge on any atom is -0.487 e. The van der Waals surface area contributed by atoms with Crippen molar-refractivity contribution in [1.82, 2.24) is 14.6 Å². The van der Waals surface area contributed by atoms with Gasteiger partial charge in [-0.1, -0.05) is 0 Å². The summed E-state index contributed by atoms with van der Waals surface area (Å²) in [5.41, 5.74) is 3.41. The van der Waals surface area contributed by atoms with Crippen LogP contribution in [0.3, 0.4) is 0 Å². The monoisotopic (exact) mass is 407 g/mol. The van der Waals surface area contributed by atoms with Crippen molar-refractivity contribution in [3.8, 4) is 5.75 Å². The fourth-order valence-corrected chi connectivity index (χ4v) is 4.38. The number of carbonyl (C=O) groups is 1. The third-order valence-corrected chi connectivity index (χ3v) is 5.84. The van der Waals surface area contributed by atoms with Gasteiger partial charge in [-0.15, -0.1) is 0 Å². The molecule has 1 amide bonds. The van der Waals surface area contributed by atoms with Crippen molar-refractivity contribution in [2.45, 2.75) is 32.3 Å². The Balaban J connectivity index is 1.51. The maximum absolute atomic E-state index is 13.1. The molecule has 0 spiro atoms. The smallest absolute Gasteiger partial charge is 0.261 e. The molecule has 0 radical (unpaired) electrons. The molecule has 1 fully saturated rings. The van der Waals surface area contributed by atoms with Crippen LogP contribution >= 0.6 is 0 Å². The molecular formula is C22H25N5O3. The van der Waals surface area contributed by atoms with Gasteiger partial charge in [0.25, 0.3) is 5.91 Å². The lowest BCUT2D eigenvalue weighted by Crippen LogP contribution is -2.24. The van der Waals surface area contributed by atoms with Crippen molar-refractivity contribution >= 4 is 22.9 Å². The van der Waals surface area contributed by atoms with Crippen molar-refractivity contribution in [1.29, 1.82) is 0 Å². The molecule has 156 valence electrons. The second-order valence-electron chi connectivity index (χ2n) is 8.70. The Morgan fingerprint density at radius 2 is 2.27 bits per heavy atom. The molecule has 1 saturated heterocycles. The van der Waals surface area contributed by atoms with Crippen LogP contribution in [0.2, 0.25) is 0 Å². The standard InChI is InChI=1S/C22H25N5O3/c1-22(2)10-15-8-17(18(9-19(15)30-22)26-7-4-14(12-26)13-28)25-21(29)16-11-24-27-6-3-5-23-20(16)27/h3,5-6,8-9,11,14,28H,4,7,10,12-13H2,1-2H3,(H,25,29)/t14-/m1/s1. The van der Waals surface area contributed by atoms with Crippen molar-refractivity contribution in [3.05, 3.63) is 47.9 Å². The van der Waals surface area contributed by atoms with Gasteiger partial charge < -0.3 is 20.1 Å². The van der Waals surface area contributed by atoms with Gasteiger partial charge in [0.15, 0.2) is 5.65 Å². The molecule has 0 unspecified atom stereocenters. The van der Waals surface area contributed by atoms with Gasteiger partial charge in [0.1, 0.15) is 16.9 Å². The van der Waals surface area contributed by atoms with E-state index in [9.17, 15) is 9.90 Å². The predicted molar refractivity (Wildman–Crippen MR) is 113 cm³/mol. The van der Waals surface area contributed by atoms with Crippen molar-refractivity contribution in [3.63, 3.8) is 0 Å². The molecule has 8 heteroatoms. The first-order valence-corrected chi connectivity index (χ1v) is 10.2. The van der Waals surface area contributed by atoms with Crippen LogP contribution in [0.25, 0.3) is 5.65 Å². The molecule has 0 saturated carbocycles. The molecule has 2 aliphatic heterocycles. The number of fused-ring (bicyclic) bond motifs is 2. The second-order valence-corrected chi connectivity index (χ2v) is 8.70. The molecule has 30 heavy (non-hydrogen) atoms. The molecule has 2 aromatic heterocycles. The molecule has 2 N–H and O–H groups in total. The van der Waals surface area contributed by atoms with Gasteiger partial charge in [-0.3, -0.25) is 4.79 Å². The number of benzene rings is 1. The number of ether oxygens (including phenoxy) is 1. The van der Waals surface area contributed by atoms with Crippen LogP contribution in [0.4, 0.5) is 11.4 Å². The fourth-order valence-electron chi connectivity index (χ4n) is 4.38. The van der Waals surface area contributed by atoms with Crippen LogP contribution in [0.5, 0.6) is 5.75 Å². The highest BCUT2D eigenvalue weighted by atomic mass is 16.5. The number of nitrogens with one attached hydrogen (secondary N) is 1. The number of anilines is 2. The minimum atomic E-state index is -0.271. The fraction of sp³-hybridized carbons (Fsp3) is 0.409. The summed E-state index contributed by atoms with van der Waals surface area (Å²) in [7, 11) is 0. The van der Waals surface area contributed by atoms with Crippen LogP contribution in [0, 0.1) is 5.92 Å². The average Bonchev–Trinajstić information content (AvgIpc) is 3.42. The lowest BCUT2D eigenvalue weighted by atomic mass is 10.0. The average molecular weight is 407 g/mol. The van der Waals surface area contributed by atoms with Crippen molar-refractivity contribution in [2.24, 2.45) is 5.92 Å². The quantitative estimate of drug-likeness (QED) is 0.691. The van der Waals surface area contributed by atoms with E-state index in [1.165, 1.54) is 6.20 Å². The predicted octanol–water partition coefficient (Wildman–Crippen LogP) is 2.51. The zero-order valence-corrected chi connectivity index (χ0v) is 17.1. The van der Waals surface area contributed by atoms with Gasteiger partial charge in [0, 0.05) is 56.1 Å². The van der Waals surface area contributed by atoms with E-state index in [1.54, 1.807) is 23.0 Å². The molecule has 1 atom stereocenters. The van der Waals surface area contributed by atoms with E-state index in [1.807, 2.05) is 12.1 Å². The van der Waals surface area contributed by atoms with Crippen molar-refractivity contribution in [2.75, 3.05) is 29.9 Å². The molecule has 5 rings (SSSR count). The largest absolute Gasteiger partial charge is 0.487 e. The summed E-state index contributed by atoms with van der Waals surface area (Å²) in [4.78, 5) is 19.6. The van der Waals surface area contributed by atoms with Crippen LogP contribution in [-0.2, 0) is 6.42 Å². The van der Waals surface area contributed by atoms with E-state index in [2.05, 4.69) is 34.1 Å². The van der Waals surface area contributed by atoms with Gasteiger partial charge in [-0.2, -0.15) is 5.10 Å². The van der Waals surface area contributed by atoms with Crippen LogP contribution in [-0.4, -0.2) is 50.9 Å². The Morgan fingerprint density at radius 1 is 1.40 bits per heavy atom. The maximum atomic E-state index is 13.1. The van der Waals surface area contributed by atoms with Crippen LogP contribution < -0.4 is 15.0 Å². The zero-order valence-electron chi connectivity index (χ0n) is 17.1. The van der Waals surface area contributed by atoms with Gasteiger partial charge >= 0.3 is 0 Å². The third kappa shape index (κ3) is 3.27. The Morgan fingerprint density at radius 3 is 3.07 bits per heavy atom. The summed E-state index contributed by atoms with van der Waals surface area (Å²) in [6, 6.07) is 5.81. The Labute approximate surface area is 174 Å². The number of hydrogen-bond acceptors (Lipinski definition) is 6. The Bertz CT molecular complexity index is 1120. The van der Waals surface area contributed by atoms with E-state index in [0.29, 0.717) is 11.2 Å². The van der Waals surface area contributed by atoms with E-state index in [-0.39, 0.29) is 24.0 Å². The number of nitrogens with zero attached hydrogens (tertiary/aromatic N) is 4. The molecule has 2 aliphatic rings. The molecular weight excluding hydrogens is 382 g/mol. The third-order valence-electron chi connectivity index (χ3n) is 5.84. The SMILES string of the molecule is CC1(C)Cc2cc(NC(=O)c3cnn4cccnc34)c(N3CC[C@@H](CO)C3)cc2O1. The highest BCUT2D eigenvalue weighted by Gasteiger charge is 2.33. The summed E-state index contributed by atoms with van der Waals surface area (Å²) in [6.07, 6.45) is 6.65. The van der Waals surface area contributed by atoms with Crippen LogP contribution in [0.1, 0.15) is 36.2 Å². The highest BCUT2D eigenvalue weighted by molar-refractivity contribution is 6.09. The highest BCUT2D eigenvalue weighted by Crippen LogP contribution is 2.42. The van der Waals surface area contributed by atoms with E-state index in [0.717, 1.165) is 48.6 Å². The first-order valence-electron chi connectivity index (χ1n) is 10.2. The Hall–Kier alpha value is -3.13. The van der Waals surface area contributed by atoms with Gasteiger partial charge in [0.05, 0.1) is 17.6 Å². The van der Waals surface area contributed by atoms with Crippen molar-refractivity contribution < 1.29 is 14.6 Å². The van der Waals surface area contributed by atoms with Gasteiger partial charge in [0.2, 0.25) is 0 Å². The normalized spacial score (nSPS) is 19.7. The summed E-state index contributed by atoms with van der Waals surface area (Å²) in [5.74, 6) is 0.849. The number of carbonyl (C=O) groups excluding carboxylic acids is 1. The molecule has 4 heterocycles. The first-order chi connectivity index (χ1) is 14.4.